The molecular formula is C11H16N2O3. The molecule has 1 aromatic carbocycles. The topological polar surface area (TPSA) is 84.6 Å². The van der Waals surface area contributed by atoms with Crippen molar-refractivity contribution in [3.63, 3.8) is 0 Å². The third-order valence-corrected chi connectivity index (χ3v) is 1.72. The molecule has 0 spiro atoms. The van der Waals surface area contributed by atoms with Gasteiger partial charge in [-0.2, -0.15) is 0 Å². The van der Waals surface area contributed by atoms with Crippen LogP contribution >= 0.6 is 0 Å². The number of nitrogens with two attached hydrogens (primary N) is 1. The van der Waals surface area contributed by atoms with Crippen LogP contribution in [0.3, 0.4) is 0 Å². The van der Waals surface area contributed by atoms with Gasteiger partial charge in [0.1, 0.15) is 5.75 Å². The van der Waals surface area contributed by atoms with E-state index in [0.29, 0.717) is 5.69 Å². The minimum Gasteiger partial charge on any atom is -0.507 e. The average Bonchev–Trinajstić information content (AvgIpc) is 2.17. The maximum absolute atomic E-state index is 11.6. The van der Waals surface area contributed by atoms with Gasteiger partial charge in [0, 0.05) is 5.69 Å². The van der Waals surface area contributed by atoms with E-state index in [1.54, 1.807) is 20.8 Å². The Morgan fingerprint density at radius 1 is 1.44 bits per heavy atom. The van der Waals surface area contributed by atoms with E-state index in [9.17, 15) is 9.90 Å². The highest BCUT2D eigenvalue weighted by Gasteiger charge is 2.16. The zero-order valence-electron chi connectivity index (χ0n) is 9.57. The smallest absolute Gasteiger partial charge is 0.278 e. The minimum atomic E-state index is -0.528. The molecule has 0 aliphatic rings. The normalized spacial score (nSPS) is 11.2. The maximum Gasteiger partial charge on any atom is 0.278 e. The molecule has 0 aliphatic carbocycles. The molecular weight excluding hydrogens is 208 g/mol. The standard InChI is InChI=1S/C11H16N2O3/c1-11(2,3)16-13-10(15)8-6-7(12)4-5-9(8)14/h4-6,14H,12H2,1-3H3,(H,13,15). The van der Waals surface area contributed by atoms with Gasteiger partial charge in [0.05, 0.1) is 11.2 Å². The number of amides is 1. The molecule has 0 aromatic heterocycles. The molecule has 1 aromatic rings. The largest absolute Gasteiger partial charge is 0.507 e. The molecule has 0 radical (unpaired) electrons. The quantitative estimate of drug-likeness (QED) is 0.403. The van der Waals surface area contributed by atoms with Crippen LogP contribution in [0.4, 0.5) is 5.69 Å². The van der Waals surface area contributed by atoms with Crippen LogP contribution in [0, 0.1) is 0 Å². The number of anilines is 1. The second-order valence-electron chi connectivity index (χ2n) is 4.42. The lowest BCUT2D eigenvalue weighted by atomic mass is 10.1. The number of rotatable bonds is 2. The van der Waals surface area contributed by atoms with Gasteiger partial charge in [0.25, 0.3) is 5.91 Å². The Bertz CT molecular complexity index is 397. The number of phenols is 1. The molecule has 5 heteroatoms. The van der Waals surface area contributed by atoms with E-state index in [-0.39, 0.29) is 11.3 Å². The first-order valence-corrected chi connectivity index (χ1v) is 4.86. The van der Waals surface area contributed by atoms with Crippen molar-refractivity contribution in [2.24, 2.45) is 0 Å². The highest BCUT2D eigenvalue weighted by Crippen LogP contribution is 2.19. The number of nitrogen functional groups attached to an aromatic ring is 1. The van der Waals surface area contributed by atoms with E-state index in [2.05, 4.69) is 5.48 Å². The monoisotopic (exact) mass is 224 g/mol. The third-order valence-electron chi connectivity index (χ3n) is 1.72. The second-order valence-corrected chi connectivity index (χ2v) is 4.42. The van der Waals surface area contributed by atoms with Crippen LogP contribution in [0.2, 0.25) is 0 Å². The Kier molecular flexibility index (Phi) is 3.39. The molecule has 1 amide bonds. The van der Waals surface area contributed by atoms with Gasteiger partial charge >= 0.3 is 0 Å². The Hall–Kier alpha value is -1.75. The maximum atomic E-state index is 11.6. The van der Waals surface area contributed by atoms with E-state index in [4.69, 9.17) is 10.6 Å². The van der Waals surface area contributed by atoms with E-state index in [0.717, 1.165) is 0 Å². The second kappa shape index (κ2) is 4.40. The van der Waals surface area contributed by atoms with Gasteiger partial charge in [-0.15, -0.1) is 0 Å². The lowest BCUT2D eigenvalue weighted by molar-refractivity contribution is -0.0590. The van der Waals surface area contributed by atoms with Gasteiger partial charge in [-0.25, -0.2) is 5.48 Å². The van der Waals surface area contributed by atoms with Gasteiger partial charge in [0.15, 0.2) is 0 Å². The number of hydrogen-bond donors (Lipinski definition) is 3. The van der Waals surface area contributed by atoms with Crippen LogP contribution in [0.5, 0.6) is 5.75 Å². The third kappa shape index (κ3) is 3.43. The van der Waals surface area contributed by atoms with Gasteiger partial charge in [-0.1, -0.05) is 0 Å². The first-order chi connectivity index (χ1) is 7.29. The molecule has 0 aliphatic heterocycles. The summed E-state index contributed by atoms with van der Waals surface area (Å²) in [6.45, 7) is 5.39. The molecule has 0 saturated heterocycles. The first-order valence-electron chi connectivity index (χ1n) is 4.86. The Labute approximate surface area is 94.2 Å². The zero-order valence-corrected chi connectivity index (χ0v) is 9.57. The number of carbonyl (C=O) groups excluding carboxylic acids is 1. The lowest BCUT2D eigenvalue weighted by Crippen LogP contribution is -2.33. The SMILES string of the molecule is CC(C)(C)ONC(=O)c1cc(N)ccc1O. The van der Waals surface area contributed by atoms with Crippen LogP contribution in [0.1, 0.15) is 31.1 Å². The number of hydroxylamine groups is 1. The molecule has 0 atom stereocenters. The van der Waals surface area contributed by atoms with Crippen molar-refractivity contribution in [2.75, 3.05) is 5.73 Å². The van der Waals surface area contributed by atoms with Gasteiger partial charge < -0.3 is 10.8 Å². The summed E-state index contributed by atoms with van der Waals surface area (Å²) in [5.74, 6) is -0.663. The highest BCUT2D eigenvalue weighted by atomic mass is 16.7. The van der Waals surface area contributed by atoms with E-state index < -0.39 is 11.5 Å². The fourth-order valence-corrected chi connectivity index (χ4v) is 0.990. The van der Waals surface area contributed by atoms with Crippen molar-refractivity contribution in [3.05, 3.63) is 23.8 Å². The lowest BCUT2D eigenvalue weighted by Gasteiger charge is -2.19. The molecule has 0 unspecified atom stereocenters. The van der Waals surface area contributed by atoms with E-state index in [1.807, 2.05) is 0 Å². The summed E-state index contributed by atoms with van der Waals surface area (Å²) < 4.78 is 0. The van der Waals surface area contributed by atoms with Crippen molar-refractivity contribution < 1.29 is 14.7 Å². The van der Waals surface area contributed by atoms with Crippen molar-refractivity contribution in [1.82, 2.24) is 5.48 Å². The summed E-state index contributed by atoms with van der Waals surface area (Å²) >= 11 is 0. The summed E-state index contributed by atoms with van der Waals surface area (Å²) in [5, 5.41) is 9.46. The van der Waals surface area contributed by atoms with Crippen LogP contribution in [0.15, 0.2) is 18.2 Å². The van der Waals surface area contributed by atoms with Crippen molar-refractivity contribution >= 4 is 11.6 Å². The van der Waals surface area contributed by atoms with Crippen LogP contribution < -0.4 is 11.2 Å². The fourth-order valence-electron chi connectivity index (χ4n) is 0.990. The predicted octanol–water partition coefficient (Wildman–Crippen LogP) is 1.43. The molecule has 16 heavy (non-hydrogen) atoms. The first kappa shape index (κ1) is 12.3. The average molecular weight is 224 g/mol. The Balaban J connectivity index is 2.77. The zero-order chi connectivity index (χ0) is 12.3. The van der Waals surface area contributed by atoms with Gasteiger partial charge in [-0.05, 0) is 39.0 Å². The summed E-state index contributed by atoms with van der Waals surface area (Å²) in [4.78, 5) is 16.7. The van der Waals surface area contributed by atoms with Crippen molar-refractivity contribution in [3.8, 4) is 5.75 Å². The summed E-state index contributed by atoms with van der Waals surface area (Å²) in [7, 11) is 0. The van der Waals surface area contributed by atoms with Crippen molar-refractivity contribution in [2.45, 2.75) is 26.4 Å². The molecule has 5 nitrogen and oxygen atoms in total. The Morgan fingerprint density at radius 2 is 2.06 bits per heavy atom. The molecule has 4 N–H and O–H groups in total. The molecule has 0 heterocycles. The highest BCUT2D eigenvalue weighted by molar-refractivity contribution is 5.97. The van der Waals surface area contributed by atoms with Gasteiger partial charge in [-0.3, -0.25) is 9.63 Å². The van der Waals surface area contributed by atoms with Crippen LogP contribution in [-0.2, 0) is 4.84 Å². The summed E-state index contributed by atoms with van der Waals surface area (Å²) in [5.41, 5.74) is 7.76. The number of phenolic OH excluding ortho intramolecular Hbond substituents is 1. The predicted molar refractivity (Wildman–Crippen MR) is 60.8 cm³/mol. The molecule has 0 bridgehead atoms. The van der Waals surface area contributed by atoms with Crippen molar-refractivity contribution in [1.29, 1.82) is 0 Å². The molecule has 88 valence electrons. The number of hydrogen-bond acceptors (Lipinski definition) is 4. The van der Waals surface area contributed by atoms with E-state index >= 15 is 0 Å². The molecule has 1 rings (SSSR count). The fraction of sp³-hybridized carbons (Fsp3) is 0.364. The number of benzene rings is 1. The minimum absolute atomic E-state index is 0.0873. The number of aromatic hydroxyl groups is 1. The number of carbonyl (C=O) groups is 1. The van der Waals surface area contributed by atoms with Gasteiger partial charge in [0.2, 0.25) is 0 Å². The summed E-state index contributed by atoms with van der Waals surface area (Å²) in [6.07, 6.45) is 0. The van der Waals surface area contributed by atoms with E-state index in [1.165, 1.54) is 18.2 Å². The van der Waals surface area contributed by atoms with Crippen LogP contribution in [-0.4, -0.2) is 16.6 Å². The molecule has 0 fully saturated rings. The summed E-state index contributed by atoms with van der Waals surface area (Å²) in [6, 6.07) is 4.26. The Morgan fingerprint density at radius 3 is 2.62 bits per heavy atom. The molecule has 0 saturated carbocycles. The number of nitrogens with one attached hydrogen (secondary N) is 1. The van der Waals surface area contributed by atoms with Crippen LogP contribution in [0.25, 0.3) is 0 Å².